The lowest BCUT2D eigenvalue weighted by Crippen LogP contribution is -2.46. The van der Waals surface area contributed by atoms with Crippen LogP contribution < -0.4 is 5.32 Å². The lowest BCUT2D eigenvalue weighted by molar-refractivity contribution is -0.141. The van der Waals surface area contributed by atoms with Crippen molar-refractivity contribution < 1.29 is 9.53 Å². The van der Waals surface area contributed by atoms with Crippen LogP contribution in [0.3, 0.4) is 0 Å². The van der Waals surface area contributed by atoms with Crippen LogP contribution in [0.2, 0.25) is 0 Å². The molecule has 3 rings (SSSR count). The number of hydrogen-bond donors (Lipinski definition) is 1. The largest absolute Gasteiger partial charge is 0.368 e. The van der Waals surface area contributed by atoms with Crippen LogP contribution >= 0.6 is 0 Å². The van der Waals surface area contributed by atoms with Crippen LogP contribution in [0.25, 0.3) is 0 Å². The first-order chi connectivity index (χ1) is 8.83. The molecule has 18 heavy (non-hydrogen) atoms. The van der Waals surface area contributed by atoms with E-state index in [0.29, 0.717) is 6.04 Å². The second-order valence-corrected chi connectivity index (χ2v) is 5.98. The molecule has 3 fully saturated rings. The zero-order valence-electron chi connectivity index (χ0n) is 11.1. The van der Waals surface area contributed by atoms with Crippen LogP contribution in [0.5, 0.6) is 0 Å². The van der Waals surface area contributed by atoms with E-state index < -0.39 is 0 Å². The highest BCUT2D eigenvalue weighted by molar-refractivity contribution is 5.81. The average molecular weight is 252 g/mol. The average Bonchev–Trinajstić information content (AvgIpc) is 2.88. The van der Waals surface area contributed by atoms with E-state index in [-0.39, 0.29) is 12.0 Å². The first-order valence-corrected chi connectivity index (χ1v) is 7.46. The van der Waals surface area contributed by atoms with Gasteiger partial charge in [0.05, 0.1) is 0 Å². The summed E-state index contributed by atoms with van der Waals surface area (Å²) < 4.78 is 5.55. The highest BCUT2D eigenvalue weighted by Crippen LogP contribution is 2.30. The Labute approximate surface area is 109 Å². The van der Waals surface area contributed by atoms with Gasteiger partial charge in [-0.2, -0.15) is 0 Å². The van der Waals surface area contributed by atoms with Crippen molar-refractivity contribution in [1.29, 1.82) is 0 Å². The van der Waals surface area contributed by atoms with Gasteiger partial charge >= 0.3 is 0 Å². The lowest BCUT2D eigenvalue weighted by Gasteiger charge is -2.28. The molecule has 0 spiro atoms. The van der Waals surface area contributed by atoms with Crippen molar-refractivity contribution in [3.63, 3.8) is 0 Å². The minimum absolute atomic E-state index is 0.148. The predicted molar refractivity (Wildman–Crippen MR) is 69.3 cm³/mol. The normalized spacial score (nSPS) is 31.8. The summed E-state index contributed by atoms with van der Waals surface area (Å²) in [4.78, 5) is 14.5. The molecule has 1 aliphatic carbocycles. The van der Waals surface area contributed by atoms with Crippen molar-refractivity contribution in [2.75, 3.05) is 26.2 Å². The molecule has 1 amide bonds. The Morgan fingerprint density at radius 3 is 2.67 bits per heavy atom. The fourth-order valence-electron chi connectivity index (χ4n) is 3.02. The number of nitrogens with zero attached hydrogens (tertiary/aromatic N) is 1. The molecule has 4 nitrogen and oxygen atoms in total. The molecule has 2 saturated heterocycles. The summed E-state index contributed by atoms with van der Waals surface area (Å²) in [6.45, 7) is 3.71. The van der Waals surface area contributed by atoms with E-state index in [1.54, 1.807) is 0 Å². The maximum atomic E-state index is 12.5. The zero-order chi connectivity index (χ0) is 12.4. The third-order valence-electron chi connectivity index (χ3n) is 4.30. The van der Waals surface area contributed by atoms with Gasteiger partial charge in [0.25, 0.3) is 5.91 Å². The summed E-state index contributed by atoms with van der Waals surface area (Å²) in [6, 6.07) is 0.508. The van der Waals surface area contributed by atoms with E-state index in [0.717, 1.165) is 45.0 Å². The van der Waals surface area contributed by atoms with Gasteiger partial charge < -0.3 is 15.0 Å². The van der Waals surface area contributed by atoms with Gasteiger partial charge in [0.1, 0.15) is 6.10 Å². The molecule has 1 N–H and O–H groups in total. The summed E-state index contributed by atoms with van der Waals surface area (Å²) in [5.41, 5.74) is 0. The van der Waals surface area contributed by atoms with E-state index in [1.165, 1.54) is 25.7 Å². The van der Waals surface area contributed by atoms with Crippen molar-refractivity contribution >= 4 is 5.91 Å². The van der Waals surface area contributed by atoms with Gasteiger partial charge in [-0.3, -0.25) is 4.79 Å². The number of ether oxygens (including phenoxy) is 1. The molecule has 4 heteroatoms. The zero-order valence-corrected chi connectivity index (χ0v) is 11.1. The van der Waals surface area contributed by atoms with Crippen molar-refractivity contribution in [1.82, 2.24) is 10.2 Å². The molecule has 2 aliphatic heterocycles. The summed E-state index contributed by atoms with van der Waals surface area (Å²) in [5, 5.41) is 3.49. The van der Waals surface area contributed by atoms with Gasteiger partial charge in [-0.1, -0.05) is 0 Å². The standard InChI is InChI=1S/C14H24N2O2/c17-14(13-4-2-8-18-13)16(9-11-5-6-11)10-12-3-1-7-15-12/h11-13,15H,1-10H2/t12?,13-/m1/s1. The Kier molecular flexibility index (Phi) is 3.85. The molecule has 2 heterocycles. The SMILES string of the molecule is O=C([C@H]1CCCO1)N(CC1CC1)CC1CCCN1. The molecule has 2 atom stereocenters. The van der Waals surface area contributed by atoms with Crippen molar-refractivity contribution in [3.05, 3.63) is 0 Å². The monoisotopic (exact) mass is 252 g/mol. The molecule has 0 aromatic carbocycles. The molecule has 102 valence electrons. The minimum atomic E-state index is -0.148. The lowest BCUT2D eigenvalue weighted by atomic mass is 10.1. The van der Waals surface area contributed by atoms with Crippen LogP contribution in [0.4, 0.5) is 0 Å². The Morgan fingerprint density at radius 1 is 1.17 bits per heavy atom. The number of amides is 1. The van der Waals surface area contributed by atoms with Crippen LogP contribution in [-0.4, -0.2) is 49.2 Å². The Bertz CT molecular complexity index is 292. The third kappa shape index (κ3) is 3.04. The summed E-state index contributed by atoms with van der Waals surface area (Å²) in [7, 11) is 0. The quantitative estimate of drug-likeness (QED) is 0.798. The van der Waals surface area contributed by atoms with Gasteiger partial charge in [-0.05, 0) is 51.0 Å². The fraction of sp³-hybridized carbons (Fsp3) is 0.929. The van der Waals surface area contributed by atoms with Crippen LogP contribution in [0.15, 0.2) is 0 Å². The molecule has 0 radical (unpaired) electrons. The highest BCUT2D eigenvalue weighted by Gasteiger charge is 2.33. The second kappa shape index (κ2) is 5.57. The van der Waals surface area contributed by atoms with Crippen molar-refractivity contribution in [2.45, 2.75) is 50.7 Å². The maximum Gasteiger partial charge on any atom is 0.251 e. The Hall–Kier alpha value is -0.610. The van der Waals surface area contributed by atoms with Gasteiger partial charge in [0.2, 0.25) is 0 Å². The fourth-order valence-corrected chi connectivity index (χ4v) is 3.02. The van der Waals surface area contributed by atoms with Gasteiger partial charge in [0.15, 0.2) is 0 Å². The summed E-state index contributed by atoms with van der Waals surface area (Å²) in [6.07, 6.45) is 6.86. The van der Waals surface area contributed by atoms with Crippen molar-refractivity contribution in [3.8, 4) is 0 Å². The van der Waals surface area contributed by atoms with Crippen LogP contribution in [-0.2, 0) is 9.53 Å². The van der Waals surface area contributed by atoms with Crippen molar-refractivity contribution in [2.24, 2.45) is 5.92 Å². The van der Waals surface area contributed by atoms with E-state index in [4.69, 9.17) is 4.74 Å². The van der Waals surface area contributed by atoms with E-state index in [9.17, 15) is 4.79 Å². The Morgan fingerprint density at radius 2 is 2.06 bits per heavy atom. The van der Waals surface area contributed by atoms with E-state index >= 15 is 0 Å². The number of nitrogens with one attached hydrogen (secondary N) is 1. The van der Waals surface area contributed by atoms with Crippen LogP contribution in [0, 0.1) is 5.92 Å². The molecule has 0 bridgehead atoms. The molecular weight excluding hydrogens is 228 g/mol. The van der Waals surface area contributed by atoms with Gasteiger partial charge in [0, 0.05) is 25.7 Å². The molecule has 3 aliphatic rings. The molecule has 0 aromatic heterocycles. The topological polar surface area (TPSA) is 41.6 Å². The molecular formula is C14H24N2O2. The van der Waals surface area contributed by atoms with E-state index in [2.05, 4.69) is 10.2 Å². The van der Waals surface area contributed by atoms with Crippen LogP contribution in [0.1, 0.15) is 38.5 Å². The highest BCUT2D eigenvalue weighted by atomic mass is 16.5. The maximum absolute atomic E-state index is 12.5. The molecule has 0 aromatic rings. The number of carbonyl (C=O) groups excluding carboxylic acids is 1. The van der Waals surface area contributed by atoms with Gasteiger partial charge in [-0.25, -0.2) is 0 Å². The number of carbonyl (C=O) groups is 1. The minimum Gasteiger partial charge on any atom is -0.368 e. The Balaban J connectivity index is 1.57. The second-order valence-electron chi connectivity index (χ2n) is 5.98. The number of rotatable bonds is 5. The smallest absolute Gasteiger partial charge is 0.251 e. The first-order valence-electron chi connectivity index (χ1n) is 7.46. The summed E-state index contributed by atoms with van der Waals surface area (Å²) in [5.74, 6) is 1.00. The molecule has 1 unspecified atom stereocenters. The third-order valence-corrected chi connectivity index (χ3v) is 4.30. The number of hydrogen-bond acceptors (Lipinski definition) is 3. The summed E-state index contributed by atoms with van der Waals surface area (Å²) >= 11 is 0. The molecule has 1 saturated carbocycles. The predicted octanol–water partition coefficient (Wildman–Crippen LogP) is 1.16. The van der Waals surface area contributed by atoms with Gasteiger partial charge in [-0.15, -0.1) is 0 Å². The van der Waals surface area contributed by atoms with E-state index in [1.807, 2.05) is 0 Å². The first kappa shape index (κ1) is 12.4.